The van der Waals surface area contributed by atoms with E-state index in [4.69, 9.17) is 5.73 Å². The van der Waals surface area contributed by atoms with Crippen molar-refractivity contribution in [2.24, 2.45) is 11.7 Å². The third-order valence-corrected chi connectivity index (χ3v) is 4.58. The van der Waals surface area contributed by atoms with Crippen LogP contribution in [0.1, 0.15) is 30.6 Å². The number of hydrogen-bond donors (Lipinski definition) is 2. The monoisotopic (exact) mass is 368 g/mol. The van der Waals surface area contributed by atoms with Crippen molar-refractivity contribution in [2.45, 2.75) is 31.2 Å². The summed E-state index contributed by atoms with van der Waals surface area (Å²) in [5, 5.41) is 0. The van der Waals surface area contributed by atoms with Gasteiger partial charge in [0.25, 0.3) is 0 Å². The summed E-state index contributed by atoms with van der Waals surface area (Å²) < 4.78 is 45.6. The van der Waals surface area contributed by atoms with Crippen LogP contribution in [0.3, 0.4) is 0 Å². The molecule has 9 heteroatoms. The molecule has 0 aliphatic carbocycles. The molecule has 132 valence electrons. The predicted octanol–water partition coefficient (Wildman–Crippen LogP) is 1.69. The van der Waals surface area contributed by atoms with E-state index in [0.717, 1.165) is 19.2 Å². The van der Waals surface area contributed by atoms with E-state index in [1.54, 1.807) is 0 Å². The predicted molar refractivity (Wildman–Crippen MR) is 87.6 cm³/mol. The fourth-order valence-electron chi connectivity index (χ4n) is 2.07. The molecule has 0 aliphatic rings. The summed E-state index contributed by atoms with van der Waals surface area (Å²) in [5.41, 5.74) is 4.95. The second-order valence-corrected chi connectivity index (χ2v) is 6.97. The van der Waals surface area contributed by atoms with Crippen molar-refractivity contribution < 1.29 is 22.3 Å². The molecule has 0 radical (unpaired) electrons. The highest BCUT2D eigenvalue weighted by atomic mass is 35.5. The third-order valence-electron chi connectivity index (χ3n) is 3.02. The van der Waals surface area contributed by atoms with Crippen LogP contribution in [0.25, 0.3) is 0 Å². The average Bonchev–Trinajstić information content (AvgIpc) is 2.44. The lowest BCUT2D eigenvalue weighted by Gasteiger charge is -2.19. The Bertz CT molecular complexity index is 638. The summed E-state index contributed by atoms with van der Waals surface area (Å²) in [6.07, 6.45) is 0.526. The first-order valence-corrected chi connectivity index (χ1v) is 8.30. The van der Waals surface area contributed by atoms with E-state index >= 15 is 0 Å². The van der Waals surface area contributed by atoms with Gasteiger partial charge < -0.3 is 10.5 Å². The molecule has 0 fully saturated rings. The zero-order valence-electron chi connectivity index (χ0n) is 13.2. The lowest BCUT2D eigenvalue weighted by molar-refractivity contribution is 0.0590. The minimum atomic E-state index is -4.10. The number of carbonyl (C=O) groups is 1. The van der Waals surface area contributed by atoms with Crippen LogP contribution in [0.2, 0.25) is 0 Å². The van der Waals surface area contributed by atoms with Gasteiger partial charge in [0.1, 0.15) is 11.4 Å². The number of nitrogens with one attached hydrogen (secondary N) is 1. The van der Waals surface area contributed by atoms with Crippen LogP contribution in [-0.2, 0) is 14.8 Å². The van der Waals surface area contributed by atoms with Crippen molar-refractivity contribution in [3.05, 3.63) is 29.6 Å². The molecule has 0 saturated heterocycles. The molecule has 1 aromatic rings. The maximum absolute atomic E-state index is 13.8. The van der Waals surface area contributed by atoms with Gasteiger partial charge >= 0.3 is 5.97 Å². The Labute approximate surface area is 142 Å². The Morgan fingerprint density at radius 3 is 2.48 bits per heavy atom. The molecule has 1 atom stereocenters. The summed E-state index contributed by atoms with van der Waals surface area (Å²) in [4.78, 5) is 11.2. The van der Waals surface area contributed by atoms with E-state index in [9.17, 15) is 17.6 Å². The molecule has 0 saturated carbocycles. The molecule has 0 spiro atoms. The first-order valence-electron chi connectivity index (χ1n) is 6.82. The highest BCUT2D eigenvalue weighted by Gasteiger charge is 2.28. The van der Waals surface area contributed by atoms with Gasteiger partial charge in [-0.05, 0) is 24.5 Å². The number of sulfonamides is 1. The van der Waals surface area contributed by atoms with E-state index < -0.39 is 38.3 Å². The molecule has 0 aliphatic heterocycles. The highest BCUT2D eigenvalue weighted by Crippen LogP contribution is 2.20. The fraction of sp³-hybridized carbons (Fsp3) is 0.500. The topological polar surface area (TPSA) is 98.5 Å². The van der Waals surface area contributed by atoms with Gasteiger partial charge in [-0.3, -0.25) is 0 Å². The molecule has 6 nitrogen and oxygen atoms in total. The second kappa shape index (κ2) is 9.17. The van der Waals surface area contributed by atoms with Crippen molar-refractivity contribution in [3.63, 3.8) is 0 Å². The molecule has 0 aromatic heterocycles. The molecular weight excluding hydrogens is 347 g/mol. The van der Waals surface area contributed by atoms with Crippen molar-refractivity contribution >= 4 is 28.4 Å². The largest absolute Gasteiger partial charge is 0.465 e. The first-order chi connectivity index (χ1) is 10.2. The summed E-state index contributed by atoms with van der Waals surface area (Å²) >= 11 is 0. The molecule has 1 unspecified atom stereocenters. The van der Waals surface area contributed by atoms with Gasteiger partial charge in [-0.25, -0.2) is 22.3 Å². The summed E-state index contributed by atoms with van der Waals surface area (Å²) in [7, 11) is -3.04. The minimum Gasteiger partial charge on any atom is -0.465 e. The van der Waals surface area contributed by atoms with Crippen LogP contribution < -0.4 is 10.5 Å². The Balaban J connectivity index is 0.00000484. The number of esters is 1. The van der Waals surface area contributed by atoms with Gasteiger partial charge in [-0.15, -0.1) is 12.4 Å². The van der Waals surface area contributed by atoms with Crippen LogP contribution >= 0.6 is 12.4 Å². The zero-order chi connectivity index (χ0) is 16.9. The van der Waals surface area contributed by atoms with E-state index in [-0.39, 0.29) is 24.9 Å². The van der Waals surface area contributed by atoms with Crippen LogP contribution in [0.4, 0.5) is 4.39 Å². The maximum Gasteiger partial charge on any atom is 0.342 e. The Morgan fingerprint density at radius 2 is 2.00 bits per heavy atom. The summed E-state index contributed by atoms with van der Waals surface area (Å²) in [5.74, 6) is -1.78. The van der Waals surface area contributed by atoms with Gasteiger partial charge in [0, 0.05) is 12.6 Å². The van der Waals surface area contributed by atoms with Crippen molar-refractivity contribution in [1.29, 1.82) is 0 Å². The molecule has 1 aromatic carbocycles. The number of halogens is 2. The molecule has 0 bridgehead atoms. The van der Waals surface area contributed by atoms with Crippen molar-refractivity contribution in [3.8, 4) is 0 Å². The van der Waals surface area contributed by atoms with Gasteiger partial charge in [0.05, 0.1) is 12.0 Å². The molecule has 0 heterocycles. The number of rotatable bonds is 7. The minimum absolute atomic E-state index is 0. The first kappa shape index (κ1) is 21.8. The Morgan fingerprint density at radius 1 is 1.39 bits per heavy atom. The van der Waals surface area contributed by atoms with E-state index in [2.05, 4.69) is 9.46 Å². The van der Waals surface area contributed by atoms with Crippen LogP contribution in [0, 0.1) is 11.7 Å². The van der Waals surface area contributed by atoms with Crippen molar-refractivity contribution in [1.82, 2.24) is 4.72 Å². The number of hydrogen-bond acceptors (Lipinski definition) is 5. The number of methoxy groups -OCH3 is 1. The number of ether oxygens (including phenoxy) is 1. The second-order valence-electron chi connectivity index (χ2n) is 5.29. The SMILES string of the molecule is COC(=O)c1c(F)cccc1S(=O)(=O)NC(CN)CC(C)C.Cl. The number of benzene rings is 1. The van der Waals surface area contributed by atoms with Crippen LogP contribution in [-0.4, -0.2) is 34.1 Å². The molecular formula is C14H22ClFN2O4S. The zero-order valence-corrected chi connectivity index (χ0v) is 14.8. The number of carbonyl (C=O) groups excluding carboxylic acids is 1. The van der Waals surface area contributed by atoms with E-state index in [1.807, 2.05) is 13.8 Å². The molecule has 23 heavy (non-hydrogen) atoms. The lowest BCUT2D eigenvalue weighted by atomic mass is 10.1. The summed E-state index contributed by atoms with van der Waals surface area (Å²) in [6.45, 7) is 3.96. The third kappa shape index (κ3) is 5.72. The Hall–Kier alpha value is -1.22. The van der Waals surface area contributed by atoms with E-state index in [0.29, 0.717) is 6.42 Å². The average molecular weight is 369 g/mol. The van der Waals surface area contributed by atoms with Gasteiger partial charge in [-0.1, -0.05) is 19.9 Å². The highest BCUT2D eigenvalue weighted by molar-refractivity contribution is 7.89. The van der Waals surface area contributed by atoms with Gasteiger partial charge in [0.15, 0.2) is 0 Å². The Kier molecular flexibility index (Phi) is 8.68. The van der Waals surface area contributed by atoms with Crippen molar-refractivity contribution in [2.75, 3.05) is 13.7 Å². The molecule has 3 N–H and O–H groups in total. The van der Waals surface area contributed by atoms with Gasteiger partial charge in [0.2, 0.25) is 10.0 Å². The quantitative estimate of drug-likeness (QED) is 0.713. The van der Waals surface area contributed by atoms with Gasteiger partial charge in [-0.2, -0.15) is 0 Å². The van der Waals surface area contributed by atoms with Crippen LogP contribution in [0.5, 0.6) is 0 Å². The van der Waals surface area contributed by atoms with E-state index in [1.165, 1.54) is 6.07 Å². The fourth-order valence-corrected chi connectivity index (χ4v) is 3.54. The molecule has 0 amide bonds. The smallest absolute Gasteiger partial charge is 0.342 e. The maximum atomic E-state index is 13.8. The number of nitrogens with two attached hydrogens (primary N) is 1. The standard InChI is InChI=1S/C14H21FN2O4S.ClH/c1-9(2)7-10(8-16)17-22(19,20)12-6-4-5-11(15)13(12)14(18)21-3;/h4-6,9-10,17H,7-8,16H2,1-3H3;1H. The lowest BCUT2D eigenvalue weighted by Crippen LogP contribution is -2.41. The van der Waals surface area contributed by atoms with Crippen LogP contribution in [0.15, 0.2) is 23.1 Å². The summed E-state index contributed by atoms with van der Waals surface area (Å²) in [6, 6.07) is 2.87. The normalized spacial score (nSPS) is 12.6. The molecule has 1 rings (SSSR count).